The summed E-state index contributed by atoms with van der Waals surface area (Å²) in [6.07, 6.45) is 1.74. The highest BCUT2D eigenvalue weighted by Gasteiger charge is 2.34. The van der Waals surface area contributed by atoms with Crippen LogP contribution in [-0.4, -0.2) is 18.8 Å². The smallest absolute Gasteiger partial charge is 0.159 e. The Morgan fingerprint density at radius 3 is 2.40 bits per heavy atom. The molecule has 114 valence electrons. The Kier molecular flexibility index (Phi) is 6.56. The molecule has 0 fully saturated rings. The van der Waals surface area contributed by atoms with Gasteiger partial charge in [0.15, 0.2) is 11.6 Å². The van der Waals surface area contributed by atoms with Crippen molar-refractivity contribution in [1.29, 1.82) is 0 Å². The van der Waals surface area contributed by atoms with Gasteiger partial charge in [0.25, 0.3) is 0 Å². The van der Waals surface area contributed by atoms with Crippen LogP contribution in [-0.2, 0) is 4.74 Å². The lowest BCUT2D eigenvalue weighted by molar-refractivity contribution is -0.0563. The zero-order valence-electron chi connectivity index (χ0n) is 12.8. The second-order valence-electron chi connectivity index (χ2n) is 5.16. The van der Waals surface area contributed by atoms with E-state index in [2.05, 4.69) is 12.2 Å². The number of benzene rings is 1. The first-order valence-corrected chi connectivity index (χ1v) is 7.30. The third-order valence-corrected chi connectivity index (χ3v) is 3.66. The maximum absolute atomic E-state index is 13.5. The topological polar surface area (TPSA) is 21.3 Å². The molecule has 2 atom stereocenters. The predicted octanol–water partition coefficient (Wildman–Crippen LogP) is 4.21. The van der Waals surface area contributed by atoms with Gasteiger partial charge in [-0.15, -0.1) is 0 Å². The van der Waals surface area contributed by atoms with E-state index >= 15 is 0 Å². The molecule has 2 unspecified atom stereocenters. The van der Waals surface area contributed by atoms with Crippen molar-refractivity contribution in [2.75, 3.05) is 13.2 Å². The number of hydrogen-bond acceptors (Lipinski definition) is 2. The molecule has 0 bridgehead atoms. The predicted molar refractivity (Wildman–Crippen MR) is 77.7 cm³/mol. The first-order valence-electron chi connectivity index (χ1n) is 7.30. The summed E-state index contributed by atoms with van der Waals surface area (Å²) in [5.41, 5.74) is 0.268. The van der Waals surface area contributed by atoms with E-state index in [9.17, 15) is 8.78 Å². The molecule has 4 heteroatoms. The normalized spacial score (nSPS) is 15.9. The minimum atomic E-state index is -0.822. The van der Waals surface area contributed by atoms with Crippen molar-refractivity contribution >= 4 is 0 Å². The number of halogens is 2. The standard InChI is InChI=1S/C16H25F2NO/c1-5-10-19-15(16(4,6-2)20-7-3)12-8-9-13(17)14(18)11-12/h8-9,11,15,19H,5-7,10H2,1-4H3. The molecule has 1 rings (SSSR count). The minimum Gasteiger partial charge on any atom is -0.374 e. The molecule has 0 saturated heterocycles. The molecule has 0 saturated carbocycles. The van der Waals surface area contributed by atoms with Crippen molar-refractivity contribution in [2.24, 2.45) is 0 Å². The Hall–Kier alpha value is -1.00. The lowest BCUT2D eigenvalue weighted by Gasteiger charge is -2.38. The average molecular weight is 285 g/mol. The van der Waals surface area contributed by atoms with Gasteiger partial charge in [-0.05, 0) is 50.9 Å². The molecule has 1 aromatic rings. The van der Waals surface area contributed by atoms with Gasteiger partial charge in [0, 0.05) is 6.61 Å². The van der Waals surface area contributed by atoms with E-state index in [1.54, 1.807) is 6.07 Å². The van der Waals surface area contributed by atoms with Crippen molar-refractivity contribution in [2.45, 2.75) is 52.2 Å². The second kappa shape index (κ2) is 7.70. The molecule has 1 N–H and O–H groups in total. The molecular formula is C16H25F2NO. The molecular weight excluding hydrogens is 260 g/mol. The van der Waals surface area contributed by atoms with Crippen LogP contribution in [0.15, 0.2) is 18.2 Å². The summed E-state index contributed by atoms with van der Waals surface area (Å²) in [4.78, 5) is 0. The highest BCUT2D eigenvalue weighted by atomic mass is 19.2. The fourth-order valence-electron chi connectivity index (χ4n) is 2.39. The summed E-state index contributed by atoms with van der Waals surface area (Å²) in [6, 6.07) is 3.89. The van der Waals surface area contributed by atoms with Crippen LogP contribution >= 0.6 is 0 Å². The van der Waals surface area contributed by atoms with Crippen LogP contribution in [0.3, 0.4) is 0 Å². The number of ether oxygens (including phenoxy) is 1. The van der Waals surface area contributed by atoms with E-state index in [1.165, 1.54) is 12.1 Å². The first-order chi connectivity index (χ1) is 9.48. The quantitative estimate of drug-likeness (QED) is 0.772. The molecule has 0 aliphatic carbocycles. The van der Waals surface area contributed by atoms with Crippen LogP contribution in [0.5, 0.6) is 0 Å². The van der Waals surface area contributed by atoms with Gasteiger partial charge in [-0.1, -0.05) is 19.9 Å². The van der Waals surface area contributed by atoms with Crippen LogP contribution in [0, 0.1) is 11.6 Å². The van der Waals surface area contributed by atoms with Crippen molar-refractivity contribution in [3.63, 3.8) is 0 Å². The van der Waals surface area contributed by atoms with E-state index in [-0.39, 0.29) is 6.04 Å². The van der Waals surface area contributed by atoms with E-state index in [1.807, 2.05) is 20.8 Å². The van der Waals surface area contributed by atoms with E-state index < -0.39 is 17.2 Å². The molecule has 0 aromatic heterocycles. The van der Waals surface area contributed by atoms with Gasteiger partial charge in [-0.25, -0.2) is 8.78 Å². The SMILES string of the molecule is CCCNC(c1ccc(F)c(F)c1)C(C)(CC)OCC. The number of hydrogen-bond donors (Lipinski definition) is 1. The lowest BCUT2D eigenvalue weighted by Crippen LogP contribution is -2.44. The summed E-state index contributed by atoms with van der Waals surface area (Å²) < 4.78 is 32.5. The Labute approximate surface area is 120 Å². The van der Waals surface area contributed by atoms with Gasteiger partial charge in [0.1, 0.15) is 0 Å². The van der Waals surface area contributed by atoms with Gasteiger partial charge in [0.2, 0.25) is 0 Å². The fourth-order valence-corrected chi connectivity index (χ4v) is 2.39. The fraction of sp³-hybridized carbons (Fsp3) is 0.625. The lowest BCUT2D eigenvalue weighted by atomic mass is 9.87. The van der Waals surface area contributed by atoms with Gasteiger partial charge < -0.3 is 10.1 Å². The molecule has 0 aliphatic heterocycles. The Morgan fingerprint density at radius 2 is 1.90 bits per heavy atom. The van der Waals surface area contributed by atoms with Crippen LogP contribution in [0.1, 0.15) is 52.1 Å². The largest absolute Gasteiger partial charge is 0.374 e. The van der Waals surface area contributed by atoms with Crippen molar-refractivity contribution in [3.8, 4) is 0 Å². The van der Waals surface area contributed by atoms with Gasteiger partial charge in [-0.2, -0.15) is 0 Å². The van der Waals surface area contributed by atoms with Crippen molar-refractivity contribution < 1.29 is 13.5 Å². The summed E-state index contributed by atoms with van der Waals surface area (Å²) in [5, 5.41) is 3.39. The zero-order chi connectivity index (χ0) is 15.2. The van der Waals surface area contributed by atoms with E-state index in [0.717, 1.165) is 24.9 Å². The van der Waals surface area contributed by atoms with Crippen LogP contribution in [0.4, 0.5) is 8.78 Å². The molecule has 1 aromatic carbocycles. The average Bonchev–Trinajstić information content (AvgIpc) is 2.43. The monoisotopic (exact) mass is 285 g/mol. The number of nitrogens with one attached hydrogen (secondary N) is 1. The Morgan fingerprint density at radius 1 is 1.20 bits per heavy atom. The minimum absolute atomic E-state index is 0.164. The zero-order valence-corrected chi connectivity index (χ0v) is 12.8. The van der Waals surface area contributed by atoms with Crippen molar-refractivity contribution in [1.82, 2.24) is 5.32 Å². The Bertz CT molecular complexity index is 425. The highest BCUT2D eigenvalue weighted by molar-refractivity contribution is 5.24. The second-order valence-corrected chi connectivity index (χ2v) is 5.16. The maximum atomic E-state index is 13.5. The summed E-state index contributed by atoms with van der Waals surface area (Å²) in [7, 11) is 0. The van der Waals surface area contributed by atoms with Crippen LogP contribution in [0.25, 0.3) is 0 Å². The molecule has 0 aliphatic rings. The molecule has 20 heavy (non-hydrogen) atoms. The molecule has 0 spiro atoms. The number of rotatable bonds is 8. The van der Waals surface area contributed by atoms with Gasteiger partial charge in [-0.3, -0.25) is 0 Å². The molecule has 0 amide bonds. The summed E-state index contributed by atoms with van der Waals surface area (Å²) in [5.74, 6) is -1.64. The molecule has 2 nitrogen and oxygen atoms in total. The van der Waals surface area contributed by atoms with Crippen LogP contribution < -0.4 is 5.32 Å². The van der Waals surface area contributed by atoms with Gasteiger partial charge in [0.05, 0.1) is 11.6 Å². The summed E-state index contributed by atoms with van der Waals surface area (Å²) in [6.45, 7) is 9.43. The Balaban J connectivity index is 3.12. The maximum Gasteiger partial charge on any atom is 0.159 e. The molecule has 0 heterocycles. The van der Waals surface area contributed by atoms with E-state index in [0.29, 0.717) is 6.61 Å². The van der Waals surface area contributed by atoms with Crippen LogP contribution in [0.2, 0.25) is 0 Å². The summed E-state index contributed by atoms with van der Waals surface area (Å²) >= 11 is 0. The van der Waals surface area contributed by atoms with Gasteiger partial charge >= 0.3 is 0 Å². The molecule has 0 radical (unpaired) electrons. The highest BCUT2D eigenvalue weighted by Crippen LogP contribution is 2.32. The third kappa shape index (κ3) is 4.00. The first kappa shape index (κ1) is 17.1. The van der Waals surface area contributed by atoms with Crippen molar-refractivity contribution in [3.05, 3.63) is 35.4 Å². The van der Waals surface area contributed by atoms with E-state index in [4.69, 9.17) is 4.74 Å². The third-order valence-electron chi connectivity index (χ3n) is 3.66.